The third kappa shape index (κ3) is 6.80. The number of hydrogen-bond donors (Lipinski definition) is 2. The van der Waals surface area contributed by atoms with Gasteiger partial charge in [-0.15, -0.1) is 0 Å². The van der Waals surface area contributed by atoms with Crippen molar-refractivity contribution in [3.63, 3.8) is 0 Å². The van der Waals surface area contributed by atoms with Gasteiger partial charge in [-0.25, -0.2) is 13.2 Å². The summed E-state index contributed by atoms with van der Waals surface area (Å²) in [4.78, 5) is 25.3. The van der Waals surface area contributed by atoms with Crippen molar-refractivity contribution in [3.05, 3.63) is 35.9 Å². The van der Waals surface area contributed by atoms with Crippen LogP contribution >= 0.6 is 0 Å². The van der Waals surface area contributed by atoms with Crippen LogP contribution in [0.25, 0.3) is 0 Å². The zero-order valence-electron chi connectivity index (χ0n) is 17.4. The number of benzene rings is 1. The highest BCUT2D eigenvalue weighted by Crippen LogP contribution is 2.11. The molecule has 1 aliphatic heterocycles. The van der Waals surface area contributed by atoms with Crippen molar-refractivity contribution in [1.82, 2.24) is 9.62 Å². The molecule has 2 atom stereocenters. The number of hydrogen-bond acceptors (Lipinski definition) is 5. The van der Waals surface area contributed by atoms with E-state index in [1.165, 1.54) is 11.4 Å². The lowest BCUT2D eigenvalue weighted by atomic mass is 9.99. The Balaban J connectivity index is 1.85. The van der Waals surface area contributed by atoms with E-state index in [4.69, 9.17) is 4.74 Å². The Bertz CT molecular complexity index is 777. The van der Waals surface area contributed by atoms with Crippen LogP contribution in [0.2, 0.25) is 0 Å². The van der Waals surface area contributed by atoms with E-state index in [9.17, 15) is 18.0 Å². The molecule has 1 fully saturated rings. The number of nitrogens with one attached hydrogen (secondary N) is 2. The summed E-state index contributed by atoms with van der Waals surface area (Å²) >= 11 is 0. The highest BCUT2D eigenvalue weighted by atomic mass is 32.2. The Kier molecular flexibility index (Phi) is 8.60. The van der Waals surface area contributed by atoms with Gasteiger partial charge in [0.25, 0.3) is 5.91 Å². The Morgan fingerprint density at radius 3 is 2.38 bits per heavy atom. The standard InChI is InChI=1S/C20H31N3O5S/c1-4-16(2)19(20(25)28-3)21-18(24)14-22-10-12-23(13-11-22)29(26,27)15-17-8-6-5-7-9-17/h5-9,16,19H,4,10-15H2,1-3H3,(H,21,24)/p+1/t16-,19+/m1/s1. The molecule has 0 spiro atoms. The normalized spacial score (nSPS) is 18.0. The van der Waals surface area contributed by atoms with Gasteiger partial charge in [0.05, 0.1) is 39.0 Å². The molecule has 1 aromatic carbocycles. The second-order valence-corrected chi connectivity index (χ2v) is 9.49. The molecule has 1 aliphatic rings. The first-order chi connectivity index (χ1) is 13.8. The summed E-state index contributed by atoms with van der Waals surface area (Å²) in [5.41, 5.74) is 0.764. The van der Waals surface area contributed by atoms with E-state index in [-0.39, 0.29) is 24.1 Å². The van der Waals surface area contributed by atoms with Crippen LogP contribution in [0.1, 0.15) is 25.8 Å². The molecule has 2 N–H and O–H groups in total. The fraction of sp³-hybridized carbons (Fsp3) is 0.600. The average molecular weight is 427 g/mol. The van der Waals surface area contributed by atoms with Gasteiger partial charge in [0.1, 0.15) is 6.04 Å². The lowest BCUT2D eigenvalue weighted by molar-refractivity contribution is -0.895. The largest absolute Gasteiger partial charge is 0.467 e. The second kappa shape index (κ2) is 10.7. The quantitative estimate of drug-likeness (QED) is 0.515. The van der Waals surface area contributed by atoms with Gasteiger partial charge in [-0.05, 0) is 11.5 Å². The van der Waals surface area contributed by atoms with Gasteiger partial charge in [0.2, 0.25) is 10.0 Å². The van der Waals surface area contributed by atoms with Crippen LogP contribution in [0.5, 0.6) is 0 Å². The zero-order chi connectivity index (χ0) is 21.4. The van der Waals surface area contributed by atoms with Gasteiger partial charge in [-0.2, -0.15) is 4.31 Å². The number of sulfonamides is 1. The topological polar surface area (TPSA) is 97.2 Å². The summed E-state index contributed by atoms with van der Waals surface area (Å²) in [5.74, 6) is -0.712. The first-order valence-corrected chi connectivity index (χ1v) is 11.6. The number of rotatable bonds is 9. The lowest BCUT2D eigenvalue weighted by Crippen LogP contribution is -3.15. The molecule has 0 aromatic heterocycles. The first-order valence-electron chi connectivity index (χ1n) is 9.99. The van der Waals surface area contributed by atoms with Crippen molar-refractivity contribution in [2.24, 2.45) is 5.92 Å². The van der Waals surface area contributed by atoms with Gasteiger partial charge in [-0.1, -0.05) is 50.6 Å². The maximum atomic E-state index is 12.6. The van der Waals surface area contributed by atoms with E-state index in [1.807, 2.05) is 32.0 Å². The van der Waals surface area contributed by atoms with Crippen LogP contribution < -0.4 is 10.2 Å². The molecule has 1 amide bonds. The summed E-state index contributed by atoms with van der Waals surface area (Å²) in [5, 5.41) is 2.77. The smallest absolute Gasteiger partial charge is 0.328 e. The Morgan fingerprint density at radius 2 is 1.83 bits per heavy atom. The van der Waals surface area contributed by atoms with E-state index in [2.05, 4.69) is 5.32 Å². The number of nitrogens with zero attached hydrogens (tertiary/aromatic N) is 1. The zero-order valence-corrected chi connectivity index (χ0v) is 18.2. The molecule has 8 nitrogen and oxygen atoms in total. The fourth-order valence-corrected chi connectivity index (χ4v) is 4.92. The van der Waals surface area contributed by atoms with E-state index in [0.717, 1.165) is 16.9 Å². The number of carbonyl (C=O) groups is 2. The predicted octanol–water partition coefficient (Wildman–Crippen LogP) is -0.579. The second-order valence-electron chi connectivity index (χ2n) is 7.52. The van der Waals surface area contributed by atoms with Gasteiger partial charge >= 0.3 is 5.97 Å². The Hall–Kier alpha value is -1.97. The highest BCUT2D eigenvalue weighted by Gasteiger charge is 2.32. The number of ether oxygens (including phenoxy) is 1. The van der Waals surface area contributed by atoms with Gasteiger partial charge in [-0.3, -0.25) is 4.79 Å². The van der Waals surface area contributed by atoms with Crippen LogP contribution in [-0.4, -0.2) is 70.5 Å². The highest BCUT2D eigenvalue weighted by molar-refractivity contribution is 7.88. The maximum Gasteiger partial charge on any atom is 0.328 e. The monoisotopic (exact) mass is 426 g/mol. The van der Waals surface area contributed by atoms with E-state index in [0.29, 0.717) is 26.2 Å². The third-order valence-corrected chi connectivity index (χ3v) is 7.26. The fourth-order valence-electron chi connectivity index (χ4n) is 3.38. The van der Waals surface area contributed by atoms with Crippen LogP contribution in [0.4, 0.5) is 0 Å². The maximum absolute atomic E-state index is 12.6. The van der Waals surface area contributed by atoms with Crippen molar-refractivity contribution < 1.29 is 27.6 Å². The number of quaternary nitrogens is 1. The molecular weight excluding hydrogens is 394 g/mol. The summed E-state index contributed by atoms with van der Waals surface area (Å²) in [6, 6.07) is 8.45. The van der Waals surface area contributed by atoms with Crippen LogP contribution in [0.3, 0.4) is 0 Å². The van der Waals surface area contributed by atoms with Crippen molar-refractivity contribution in [1.29, 1.82) is 0 Å². The molecule has 9 heteroatoms. The average Bonchev–Trinajstić information content (AvgIpc) is 2.71. The molecule has 0 radical (unpaired) electrons. The molecule has 0 saturated carbocycles. The third-order valence-electron chi connectivity index (χ3n) is 5.41. The Morgan fingerprint density at radius 1 is 1.21 bits per heavy atom. The molecule has 0 bridgehead atoms. The van der Waals surface area contributed by atoms with Gasteiger partial charge in [0, 0.05) is 0 Å². The van der Waals surface area contributed by atoms with Gasteiger partial charge < -0.3 is 15.0 Å². The Labute approximate surface area is 173 Å². The van der Waals surface area contributed by atoms with E-state index >= 15 is 0 Å². The van der Waals surface area contributed by atoms with E-state index < -0.39 is 22.0 Å². The van der Waals surface area contributed by atoms with Crippen molar-refractivity contribution >= 4 is 21.9 Å². The number of esters is 1. The molecule has 0 unspecified atom stereocenters. The lowest BCUT2D eigenvalue weighted by Gasteiger charge is -2.31. The van der Waals surface area contributed by atoms with Crippen molar-refractivity contribution in [2.45, 2.75) is 32.1 Å². The molecule has 0 aliphatic carbocycles. The molecule has 162 valence electrons. The SMILES string of the molecule is CC[C@@H](C)[C@H](NC(=O)C[NH+]1CCN(S(=O)(=O)Cc2ccccc2)CC1)C(=O)OC. The summed E-state index contributed by atoms with van der Waals surface area (Å²) in [6.45, 7) is 5.91. The van der Waals surface area contributed by atoms with E-state index in [1.54, 1.807) is 12.1 Å². The summed E-state index contributed by atoms with van der Waals surface area (Å²) in [7, 11) is -2.07. The summed E-state index contributed by atoms with van der Waals surface area (Å²) < 4.78 is 31.6. The minimum Gasteiger partial charge on any atom is -0.467 e. The number of carbonyl (C=O) groups excluding carboxylic acids is 2. The van der Waals surface area contributed by atoms with Crippen LogP contribution in [0, 0.1) is 5.92 Å². The molecule has 1 heterocycles. The van der Waals surface area contributed by atoms with Crippen molar-refractivity contribution in [3.8, 4) is 0 Å². The number of amides is 1. The predicted molar refractivity (Wildman–Crippen MR) is 110 cm³/mol. The minimum absolute atomic E-state index is 0.0145. The minimum atomic E-state index is -3.38. The number of piperazine rings is 1. The van der Waals surface area contributed by atoms with Crippen molar-refractivity contribution in [2.75, 3.05) is 39.8 Å². The first kappa shape index (κ1) is 23.3. The van der Waals surface area contributed by atoms with Crippen LogP contribution in [0.15, 0.2) is 30.3 Å². The number of methoxy groups -OCH3 is 1. The molecule has 1 saturated heterocycles. The molecular formula is C20H32N3O5S+. The van der Waals surface area contributed by atoms with Gasteiger partial charge in [0.15, 0.2) is 6.54 Å². The molecule has 2 rings (SSSR count). The summed E-state index contributed by atoms with van der Waals surface area (Å²) in [6.07, 6.45) is 0.741. The molecule has 1 aromatic rings. The van der Waals surface area contributed by atoms with Crippen LogP contribution in [-0.2, 0) is 30.1 Å². The molecule has 29 heavy (non-hydrogen) atoms.